The standard InChI is InChI=1S/C9H10FNO3/c1-2-6-14-8-5-3-4-7(9(8)10)11(12)13/h3-5H,2,6H2,1H3. The average Bonchev–Trinajstić information content (AvgIpc) is 2.16. The van der Waals surface area contributed by atoms with Crippen LogP contribution in [0.15, 0.2) is 18.2 Å². The van der Waals surface area contributed by atoms with Crippen LogP contribution in [0.5, 0.6) is 5.75 Å². The molecule has 0 saturated heterocycles. The maximum atomic E-state index is 13.3. The molecule has 0 N–H and O–H groups in total. The predicted molar refractivity (Wildman–Crippen MR) is 48.8 cm³/mol. The maximum Gasteiger partial charge on any atom is 0.308 e. The first kappa shape index (κ1) is 10.4. The van der Waals surface area contributed by atoms with Crippen LogP contribution in [0.3, 0.4) is 0 Å². The van der Waals surface area contributed by atoms with Gasteiger partial charge >= 0.3 is 5.69 Å². The summed E-state index contributed by atoms with van der Waals surface area (Å²) in [5.41, 5.74) is -0.557. The van der Waals surface area contributed by atoms with Crippen molar-refractivity contribution in [1.29, 1.82) is 0 Å². The third-order valence-corrected chi connectivity index (χ3v) is 1.60. The van der Waals surface area contributed by atoms with E-state index < -0.39 is 16.4 Å². The fraction of sp³-hybridized carbons (Fsp3) is 0.333. The molecule has 76 valence electrons. The van der Waals surface area contributed by atoms with E-state index >= 15 is 0 Å². The van der Waals surface area contributed by atoms with Crippen molar-refractivity contribution in [3.63, 3.8) is 0 Å². The van der Waals surface area contributed by atoms with E-state index in [0.717, 1.165) is 12.5 Å². The Morgan fingerprint density at radius 2 is 2.29 bits per heavy atom. The molecule has 5 heteroatoms. The number of nitro benzene ring substituents is 1. The molecule has 14 heavy (non-hydrogen) atoms. The first-order valence-corrected chi connectivity index (χ1v) is 4.22. The molecular weight excluding hydrogens is 189 g/mol. The van der Waals surface area contributed by atoms with Crippen molar-refractivity contribution < 1.29 is 14.1 Å². The Morgan fingerprint density at radius 3 is 2.86 bits per heavy atom. The van der Waals surface area contributed by atoms with Gasteiger partial charge in [0.1, 0.15) is 0 Å². The molecule has 0 bridgehead atoms. The SMILES string of the molecule is CCCOc1cccc([N+](=O)[O-])c1F. The highest BCUT2D eigenvalue weighted by Gasteiger charge is 2.17. The van der Waals surface area contributed by atoms with Gasteiger partial charge in [-0.3, -0.25) is 10.1 Å². The molecule has 0 fully saturated rings. The molecule has 0 heterocycles. The van der Waals surface area contributed by atoms with Gasteiger partial charge in [-0.25, -0.2) is 0 Å². The van der Waals surface area contributed by atoms with E-state index in [1.807, 2.05) is 6.92 Å². The van der Waals surface area contributed by atoms with E-state index in [2.05, 4.69) is 0 Å². The molecule has 0 spiro atoms. The Labute approximate surface area is 80.5 Å². The molecule has 0 aromatic heterocycles. The average molecular weight is 199 g/mol. The lowest BCUT2D eigenvalue weighted by atomic mass is 10.3. The number of halogens is 1. The smallest absolute Gasteiger partial charge is 0.308 e. The fourth-order valence-corrected chi connectivity index (χ4v) is 0.964. The molecule has 1 aromatic carbocycles. The van der Waals surface area contributed by atoms with Crippen molar-refractivity contribution >= 4 is 5.69 Å². The van der Waals surface area contributed by atoms with Gasteiger partial charge in [0, 0.05) is 6.07 Å². The zero-order valence-electron chi connectivity index (χ0n) is 7.70. The summed E-state index contributed by atoms with van der Waals surface area (Å²) in [6.07, 6.45) is 0.724. The van der Waals surface area contributed by atoms with Gasteiger partial charge in [0.25, 0.3) is 0 Å². The highest BCUT2D eigenvalue weighted by atomic mass is 19.1. The Bertz CT molecular complexity index is 341. The van der Waals surface area contributed by atoms with Gasteiger partial charge in [-0.2, -0.15) is 4.39 Å². The number of hydrogen-bond donors (Lipinski definition) is 0. The monoisotopic (exact) mass is 199 g/mol. The minimum absolute atomic E-state index is 0.0685. The second-order valence-corrected chi connectivity index (χ2v) is 2.69. The summed E-state index contributed by atoms with van der Waals surface area (Å²) in [5, 5.41) is 10.4. The van der Waals surface area contributed by atoms with E-state index in [-0.39, 0.29) is 5.75 Å². The fourth-order valence-electron chi connectivity index (χ4n) is 0.964. The van der Waals surface area contributed by atoms with Crippen LogP contribution in [0, 0.1) is 15.9 Å². The van der Waals surface area contributed by atoms with Gasteiger partial charge in [-0.1, -0.05) is 13.0 Å². The van der Waals surface area contributed by atoms with E-state index in [4.69, 9.17) is 4.74 Å². The Balaban J connectivity index is 2.95. The molecule has 0 aliphatic carbocycles. The van der Waals surface area contributed by atoms with Crippen LogP contribution in [0.4, 0.5) is 10.1 Å². The van der Waals surface area contributed by atoms with Crippen LogP contribution in [0.25, 0.3) is 0 Å². The van der Waals surface area contributed by atoms with Crippen LogP contribution >= 0.6 is 0 Å². The summed E-state index contributed by atoms with van der Waals surface area (Å²) in [6.45, 7) is 2.22. The van der Waals surface area contributed by atoms with E-state index in [9.17, 15) is 14.5 Å². The van der Waals surface area contributed by atoms with Gasteiger partial charge in [-0.15, -0.1) is 0 Å². The second kappa shape index (κ2) is 4.55. The Morgan fingerprint density at radius 1 is 1.57 bits per heavy atom. The number of rotatable bonds is 4. The van der Waals surface area contributed by atoms with E-state index in [1.54, 1.807) is 0 Å². The molecule has 0 aliphatic heterocycles. The molecule has 1 rings (SSSR count). The quantitative estimate of drug-likeness (QED) is 0.553. The third-order valence-electron chi connectivity index (χ3n) is 1.60. The van der Waals surface area contributed by atoms with Crippen LogP contribution in [-0.4, -0.2) is 11.5 Å². The second-order valence-electron chi connectivity index (χ2n) is 2.69. The number of ether oxygens (including phenoxy) is 1. The summed E-state index contributed by atoms with van der Waals surface area (Å²) in [4.78, 5) is 9.59. The van der Waals surface area contributed by atoms with Gasteiger partial charge in [0.2, 0.25) is 5.82 Å². The lowest BCUT2D eigenvalue weighted by molar-refractivity contribution is -0.387. The largest absolute Gasteiger partial charge is 0.490 e. The molecule has 0 unspecified atom stereocenters. The lowest BCUT2D eigenvalue weighted by Gasteiger charge is -2.04. The zero-order valence-corrected chi connectivity index (χ0v) is 7.70. The summed E-state index contributed by atoms with van der Waals surface area (Å²) >= 11 is 0. The maximum absolute atomic E-state index is 13.3. The number of nitro groups is 1. The van der Waals surface area contributed by atoms with E-state index in [1.165, 1.54) is 12.1 Å². The summed E-state index contributed by atoms with van der Waals surface area (Å²) < 4.78 is 18.3. The molecule has 0 aliphatic rings. The van der Waals surface area contributed by atoms with Crippen molar-refractivity contribution in [3.8, 4) is 5.75 Å². The van der Waals surface area contributed by atoms with Crippen LogP contribution in [-0.2, 0) is 0 Å². The lowest BCUT2D eigenvalue weighted by Crippen LogP contribution is -2.00. The predicted octanol–water partition coefficient (Wildman–Crippen LogP) is 2.52. The first-order valence-electron chi connectivity index (χ1n) is 4.22. The summed E-state index contributed by atoms with van der Waals surface area (Å²) in [5.74, 6) is -0.980. The van der Waals surface area contributed by atoms with Crippen molar-refractivity contribution in [3.05, 3.63) is 34.1 Å². The van der Waals surface area contributed by atoms with Gasteiger partial charge in [-0.05, 0) is 12.5 Å². The normalized spacial score (nSPS) is 9.86. The van der Waals surface area contributed by atoms with E-state index in [0.29, 0.717) is 6.61 Å². The number of nitrogens with zero attached hydrogens (tertiary/aromatic N) is 1. The van der Waals surface area contributed by atoms with Crippen molar-refractivity contribution in [2.24, 2.45) is 0 Å². The van der Waals surface area contributed by atoms with Gasteiger partial charge < -0.3 is 4.74 Å². The minimum Gasteiger partial charge on any atom is -0.490 e. The van der Waals surface area contributed by atoms with Crippen molar-refractivity contribution in [1.82, 2.24) is 0 Å². The molecular formula is C9H10FNO3. The zero-order chi connectivity index (χ0) is 10.6. The van der Waals surface area contributed by atoms with Crippen LogP contribution in [0.1, 0.15) is 13.3 Å². The molecule has 0 radical (unpaired) electrons. The molecule has 0 amide bonds. The summed E-state index contributed by atoms with van der Waals surface area (Å²) in [7, 11) is 0. The van der Waals surface area contributed by atoms with Crippen molar-refractivity contribution in [2.75, 3.05) is 6.61 Å². The number of hydrogen-bond acceptors (Lipinski definition) is 3. The van der Waals surface area contributed by atoms with Crippen LogP contribution < -0.4 is 4.74 Å². The summed E-state index contributed by atoms with van der Waals surface area (Å²) in [6, 6.07) is 3.87. The number of benzene rings is 1. The first-order chi connectivity index (χ1) is 6.66. The Hall–Kier alpha value is -1.65. The van der Waals surface area contributed by atoms with Crippen LogP contribution in [0.2, 0.25) is 0 Å². The third kappa shape index (κ3) is 2.18. The van der Waals surface area contributed by atoms with Crippen molar-refractivity contribution in [2.45, 2.75) is 13.3 Å². The van der Waals surface area contributed by atoms with Gasteiger partial charge in [0.05, 0.1) is 11.5 Å². The highest BCUT2D eigenvalue weighted by molar-refractivity contribution is 5.40. The topological polar surface area (TPSA) is 52.4 Å². The Kier molecular flexibility index (Phi) is 3.39. The van der Waals surface area contributed by atoms with Gasteiger partial charge in [0.15, 0.2) is 5.75 Å². The highest BCUT2D eigenvalue weighted by Crippen LogP contribution is 2.25. The molecule has 4 nitrogen and oxygen atoms in total. The molecule has 1 aromatic rings. The minimum atomic E-state index is -0.911. The molecule has 0 atom stereocenters. The molecule has 0 saturated carbocycles.